The maximum Gasteiger partial charge on any atom is 0.256 e. The molecule has 2 aromatic heterocycles. The summed E-state index contributed by atoms with van der Waals surface area (Å²) in [7, 11) is 0. The number of benzene rings is 1. The number of amidine groups is 1. The molecule has 1 saturated heterocycles. The first kappa shape index (κ1) is 24.9. The number of fused-ring (bicyclic) bond motifs is 1. The largest absolute Gasteiger partial charge is 0.401 e. The highest BCUT2D eigenvalue weighted by Crippen LogP contribution is 2.25. The number of ether oxygens (including phenoxy) is 1. The summed E-state index contributed by atoms with van der Waals surface area (Å²) < 4.78 is 20.0. The number of anilines is 3. The zero-order valence-electron chi connectivity index (χ0n) is 20.2. The molecule has 1 aliphatic heterocycles. The summed E-state index contributed by atoms with van der Waals surface area (Å²) in [4.78, 5) is 29.8. The van der Waals surface area contributed by atoms with Gasteiger partial charge in [-0.05, 0) is 30.7 Å². The average molecular weight is 494 g/mol. The van der Waals surface area contributed by atoms with E-state index >= 15 is 0 Å². The molecule has 3 heterocycles. The fraction of sp³-hybridized carbons (Fsp3) is 0.333. The molecule has 1 unspecified atom stereocenters. The highest BCUT2D eigenvalue weighted by atomic mass is 19.1. The first-order valence-electron chi connectivity index (χ1n) is 11.4. The van der Waals surface area contributed by atoms with E-state index in [0.29, 0.717) is 35.9 Å². The van der Waals surface area contributed by atoms with Crippen LogP contribution in [0.1, 0.15) is 37.6 Å². The molecule has 1 fully saturated rings. The Labute approximate surface area is 207 Å². The predicted molar refractivity (Wildman–Crippen MR) is 135 cm³/mol. The number of nitrogens with one attached hydrogen (secondary N) is 4. The molecule has 1 aromatic carbocycles. The minimum absolute atomic E-state index is 0.0104. The van der Waals surface area contributed by atoms with Crippen molar-refractivity contribution in [3.8, 4) is 0 Å². The van der Waals surface area contributed by atoms with E-state index in [-0.39, 0.29) is 34.4 Å². The molecule has 0 aliphatic carbocycles. The van der Waals surface area contributed by atoms with Crippen LogP contribution in [0, 0.1) is 16.6 Å². The second-order valence-electron chi connectivity index (χ2n) is 9.39. The third-order valence-corrected chi connectivity index (χ3v) is 5.54. The van der Waals surface area contributed by atoms with Crippen molar-refractivity contribution in [3.05, 3.63) is 53.9 Å². The number of hydrogen-bond acceptors (Lipinski definition) is 10. The quantitative estimate of drug-likeness (QED) is 0.256. The van der Waals surface area contributed by atoms with Gasteiger partial charge in [0.1, 0.15) is 29.0 Å². The van der Waals surface area contributed by atoms with E-state index in [1.807, 2.05) is 20.8 Å². The minimum atomic E-state index is -0.597. The van der Waals surface area contributed by atoms with Gasteiger partial charge in [-0.3, -0.25) is 10.2 Å². The van der Waals surface area contributed by atoms with Gasteiger partial charge < -0.3 is 26.4 Å². The van der Waals surface area contributed by atoms with E-state index in [4.69, 9.17) is 15.9 Å². The van der Waals surface area contributed by atoms with E-state index in [2.05, 4.69) is 35.9 Å². The lowest BCUT2D eigenvalue weighted by atomic mass is 9.92. The van der Waals surface area contributed by atoms with Crippen molar-refractivity contribution in [2.75, 3.05) is 23.8 Å². The van der Waals surface area contributed by atoms with Gasteiger partial charge in [-0.15, -0.1) is 0 Å². The van der Waals surface area contributed by atoms with Gasteiger partial charge in [-0.25, -0.2) is 24.3 Å². The van der Waals surface area contributed by atoms with Gasteiger partial charge >= 0.3 is 0 Å². The number of hydrogen-bond donors (Lipinski definition) is 5. The summed E-state index contributed by atoms with van der Waals surface area (Å²) in [6.07, 6.45) is 5.09. The average Bonchev–Trinajstić information content (AvgIpc) is 3.33. The summed E-state index contributed by atoms with van der Waals surface area (Å²) in [5.74, 6) is -0.719. The Kier molecular flexibility index (Phi) is 7.06. The fourth-order valence-electron chi connectivity index (χ4n) is 3.34. The van der Waals surface area contributed by atoms with Gasteiger partial charge in [0.05, 0.1) is 24.5 Å². The number of allylic oxidation sites excluding steroid dienone is 1. The molecular formula is C24H28FN9O2. The molecule has 1 atom stereocenters. The summed E-state index contributed by atoms with van der Waals surface area (Å²) in [6.45, 7) is 6.93. The second kappa shape index (κ2) is 10.2. The van der Waals surface area contributed by atoms with E-state index in [1.54, 1.807) is 6.20 Å². The molecule has 188 valence electrons. The van der Waals surface area contributed by atoms with Crippen molar-refractivity contribution in [2.24, 2.45) is 11.1 Å². The predicted octanol–water partition coefficient (Wildman–Crippen LogP) is 3.10. The number of carbonyl (C=O) groups is 1. The van der Waals surface area contributed by atoms with Crippen LogP contribution in [0.3, 0.4) is 0 Å². The van der Waals surface area contributed by atoms with Crippen molar-refractivity contribution in [1.82, 2.24) is 25.3 Å². The number of nitrogens with two attached hydrogens (primary N) is 1. The lowest BCUT2D eigenvalue weighted by molar-refractivity contribution is 0.0977. The van der Waals surface area contributed by atoms with Crippen LogP contribution >= 0.6 is 0 Å². The van der Waals surface area contributed by atoms with Crippen LogP contribution in [0.4, 0.5) is 21.8 Å². The summed E-state index contributed by atoms with van der Waals surface area (Å²) in [5, 5.41) is 16.6. The standard InChI is InChI=1S/C24H28FN9O2/c1-24(2,3)18(26)9-19(27)33-22(35)13-4-5-15(25)16(8-13)32-21-20-17(29-12-30-21)10-28-23(34-20)31-14-6-7-36-11-14/h4-5,8-10,12,14H,6-7,11,26H2,1-3H3,(H2,27,33,35)(H,28,31,34)(H,29,30,32). The van der Waals surface area contributed by atoms with Crippen molar-refractivity contribution >= 4 is 40.2 Å². The number of nitrogens with zero attached hydrogens (tertiary/aromatic N) is 4. The number of aromatic nitrogens is 4. The zero-order chi connectivity index (χ0) is 25.9. The number of rotatable bonds is 6. The molecule has 6 N–H and O–H groups in total. The van der Waals surface area contributed by atoms with E-state index < -0.39 is 11.7 Å². The molecule has 0 bridgehead atoms. The van der Waals surface area contributed by atoms with Crippen LogP contribution < -0.4 is 21.7 Å². The number of amides is 1. The molecule has 12 heteroatoms. The molecule has 0 radical (unpaired) electrons. The maximum absolute atomic E-state index is 14.7. The highest BCUT2D eigenvalue weighted by Gasteiger charge is 2.19. The van der Waals surface area contributed by atoms with Crippen molar-refractivity contribution in [3.63, 3.8) is 0 Å². The molecular weight excluding hydrogens is 465 g/mol. The Morgan fingerprint density at radius 2 is 2.08 bits per heavy atom. The Hall–Kier alpha value is -4.19. The third-order valence-electron chi connectivity index (χ3n) is 5.54. The number of halogens is 1. The molecule has 11 nitrogen and oxygen atoms in total. The normalized spacial score (nSPS) is 16.1. The minimum Gasteiger partial charge on any atom is -0.401 e. The molecule has 36 heavy (non-hydrogen) atoms. The van der Waals surface area contributed by atoms with Crippen molar-refractivity contribution < 1.29 is 13.9 Å². The first-order chi connectivity index (χ1) is 17.1. The van der Waals surface area contributed by atoms with Gasteiger partial charge in [0.2, 0.25) is 5.95 Å². The number of carbonyl (C=O) groups excluding carboxylic acids is 1. The van der Waals surface area contributed by atoms with Crippen molar-refractivity contribution in [1.29, 1.82) is 5.41 Å². The van der Waals surface area contributed by atoms with Crippen LogP contribution in [0.25, 0.3) is 11.0 Å². The smallest absolute Gasteiger partial charge is 0.256 e. The van der Waals surface area contributed by atoms with E-state index in [9.17, 15) is 9.18 Å². The van der Waals surface area contributed by atoms with Gasteiger partial charge in [0, 0.05) is 23.3 Å². The monoisotopic (exact) mass is 493 g/mol. The van der Waals surface area contributed by atoms with E-state index in [1.165, 1.54) is 24.5 Å². The van der Waals surface area contributed by atoms with Crippen molar-refractivity contribution in [2.45, 2.75) is 33.2 Å². The van der Waals surface area contributed by atoms with Crippen LogP contribution in [0.5, 0.6) is 0 Å². The van der Waals surface area contributed by atoms with Crippen LogP contribution in [-0.4, -0.2) is 50.9 Å². The Bertz CT molecular complexity index is 1330. The molecule has 3 aromatic rings. The molecule has 1 amide bonds. The Morgan fingerprint density at radius 1 is 1.28 bits per heavy atom. The highest BCUT2D eigenvalue weighted by molar-refractivity contribution is 6.09. The van der Waals surface area contributed by atoms with Crippen LogP contribution in [-0.2, 0) is 4.74 Å². The lowest BCUT2D eigenvalue weighted by Crippen LogP contribution is -2.30. The Morgan fingerprint density at radius 3 is 2.81 bits per heavy atom. The molecule has 1 aliphatic rings. The first-order valence-corrected chi connectivity index (χ1v) is 11.4. The van der Waals surface area contributed by atoms with Crippen LogP contribution in [0.2, 0.25) is 0 Å². The second-order valence-corrected chi connectivity index (χ2v) is 9.39. The third kappa shape index (κ3) is 5.89. The fourth-order valence-corrected chi connectivity index (χ4v) is 3.34. The van der Waals surface area contributed by atoms with Gasteiger partial charge in [-0.2, -0.15) is 0 Å². The summed E-state index contributed by atoms with van der Waals surface area (Å²) >= 11 is 0. The topological polar surface area (TPSA) is 164 Å². The SMILES string of the molecule is CC(C)(C)C(N)=CC(=N)NC(=O)c1ccc(F)c(Nc2ncnc3cnc(NC4CCOC4)nc23)c1. The van der Waals surface area contributed by atoms with Crippen LogP contribution in [0.15, 0.2) is 42.5 Å². The maximum atomic E-state index is 14.7. The lowest BCUT2D eigenvalue weighted by Gasteiger charge is -2.19. The summed E-state index contributed by atoms with van der Waals surface area (Å²) in [6, 6.07) is 3.92. The van der Waals surface area contributed by atoms with Gasteiger partial charge in [0.15, 0.2) is 5.82 Å². The van der Waals surface area contributed by atoms with Gasteiger partial charge in [0.25, 0.3) is 5.91 Å². The van der Waals surface area contributed by atoms with Gasteiger partial charge in [-0.1, -0.05) is 20.8 Å². The molecule has 0 spiro atoms. The molecule has 4 rings (SSSR count). The Balaban J connectivity index is 1.55. The molecule has 0 saturated carbocycles. The zero-order valence-corrected chi connectivity index (χ0v) is 20.2. The van der Waals surface area contributed by atoms with E-state index in [0.717, 1.165) is 12.5 Å². The summed E-state index contributed by atoms with van der Waals surface area (Å²) in [5.41, 5.74) is 7.06.